The Labute approximate surface area is 114 Å². The molecule has 0 radical (unpaired) electrons. The van der Waals surface area contributed by atoms with Crippen molar-refractivity contribution in [2.45, 2.75) is 38.4 Å². The normalized spacial score (nSPS) is 12.8. The molecule has 0 aromatic heterocycles. The van der Waals surface area contributed by atoms with Gasteiger partial charge in [0.1, 0.15) is 12.6 Å². The predicted molar refractivity (Wildman–Crippen MR) is 64.2 cm³/mol. The lowest BCUT2D eigenvalue weighted by Gasteiger charge is -2.25. The molecule has 0 aliphatic rings. The second-order valence-electron chi connectivity index (χ2n) is 4.24. The maximum absolute atomic E-state index is 12.3. The fraction of sp³-hybridized carbons (Fsp3) is 0.818. The molecule has 1 atom stereocenters. The molecular weight excluding hydrogens is 281 g/mol. The zero-order valence-electron chi connectivity index (χ0n) is 11.1. The lowest BCUT2D eigenvalue weighted by molar-refractivity contribution is -0.141. The van der Waals surface area contributed by atoms with Crippen molar-refractivity contribution in [3.05, 3.63) is 0 Å². The lowest BCUT2D eigenvalue weighted by Crippen LogP contribution is -2.51. The second-order valence-corrected chi connectivity index (χ2v) is 4.24. The third-order valence-electron chi connectivity index (χ3n) is 2.47. The smallest absolute Gasteiger partial charge is 0.406 e. The Bertz CT molecular complexity index is 323. The van der Waals surface area contributed by atoms with E-state index in [-0.39, 0.29) is 6.42 Å². The van der Waals surface area contributed by atoms with E-state index in [2.05, 4.69) is 0 Å². The van der Waals surface area contributed by atoms with E-state index < -0.39 is 43.9 Å². The van der Waals surface area contributed by atoms with Crippen molar-refractivity contribution in [2.24, 2.45) is 0 Å². The minimum atomic E-state index is -4.62. The van der Waals surface area contributed by atoms with Gasteiger partial charge in [0.25, 0.3) is 0 Å². The molecule has 0 saturated heterocycles. The molecule has 0 aliphatic carbocycles. The molecule has 6 nitrogen and oxygen atoms in total. The standard InChI is InChI=1S/C11H19F3N2O4/c1-2-3-4-8(9(18)19)15-10(20)16(5-6-17)7-11(12,13)14/h8,17H,2-7H2,1H3,(H,15,20)(H,18,19). The van der Waals surface area contributed by atoms with Crippen LogP contribution in [-0.4, -0.2) is 59.0 Å². The summed E-state index contributed by atoms with van der Waals surface area (Å²) in [6, 6.07) is -2.39. The summed E-state index contributed by atoms with van der Waals surface area (Å²) in [4.78, 5) is 22.9. The Kier molecular flexibility index (Phi) is 7.97. The molecule has 118 valence electrons. The van der Waals surface area contributed by atoms with Gasteiger partial charge in [-0.25, -0.2) is 9.59 Å². The Balaban J connectivity index is 4.66. The average Bonchev–Trinajstić information content (AvgIpc) is 2.31. The fourth-order valence-corrected chi connectivity index (χ4v) is 1.50. The Morgan fingerprint density at radius 2 is 1.95 bits per heavy atom. The number of unbranched alkanes of at least 4 members (excludes halogenated alkanes) is 1. The highest BCUT2D eigenvalue weighted by Gasteiger charge is 2.33. The number of carboxylic acids is 1. The number of urea groups is 1. The van der Waals surface area contributed by atoms with E-state index in [0.717, 1.165) is 0 Å². The third kappa shape index (κ3) is 7.82. The first kappa shape index (κ1) is 18.5. The van der Waals surface area contributed by atoms with Crippen LogP contribution in [0.1, 0.15) is 26.2 Å². The summed E-state index contributed by atoms with van der Waals surface area (Å²) in [6.45, 7) is -0.885. The molecule has 0 aromatic rings. The van der Waals surface area contributed by atoms with Crippen molar-refractivity contribution in [3.63, 3.8) is 0 Å². The number of halogens is 3. The van der Waals surface area contributed by atoms with Crippen molar-refractivity contribution >= 4 is 12.0 Å². The maximum Gasteiger partial charge on any atom is 0.406 e. The summed E-state index contributed by atoms with van der Waals surface area (Å²) in [6.07, 6.45) is -3.26. The Morgan fingerprint density at radius 3 is 2.35 bits per heavy atom. The third-order valence-corrected chi connectivity index (χ3v) is 2.47. The van der Waals surface area contributed by atoms with Crippen molar-refractivity contribution in [1.82, 2.24) is 10.2 Å². The lowest BCUT2D eigenvalue weighted by atomic mass is 10.1. The van der Waals surface area contributed by atoms with Gasteiger partial charge >= 0.3 is 18.2 Å². The maximum atomic E-state index is 12.3. The first-order chi connectivity index (χ1) is 9.21. The second kappa shape index (κ2) is 8.62. The zero-order chi connectivity index (χ0) is 15.8. The van der Waals surface area contributed by atoms with Crippen molar-refractivity contribution in [3.8, 4) is 0 Å². The molecule has 20 heavy (non-hydrogen) atoms. The number of carboxylic acid groups (broad SMARTS) is 1. The number of aliphatic carboxylic acids is 1. The van der Waals surface area contributed by atoms with E-state index >= 15 is 0 Å². The van der Waals surface area contributed by atoms with E-state index in [1.165, 1.54) is 0 Å². The molecule has 0 bridgehead atoms. The molecule has 0 heterocycles. The van der Waals surface area contributed by atoms with Gasteiger partial charge in [-0.1, -0.05) is 19.8 Å². The molecular formula is C11H19F3N2O4. The first-order valence-electron chi connectivity index (χ1n) is 6.17. The molecule has 0 fully saturated rings. The number of amides is 2. The van der Waals surface area contributed by atoms with E-state index in [1.807, 2.05) is 12.2 Å². The van der Waals surface area contributed by atoms with Crippen LogP contribution in [0.5, 0.6) is 0 Å². The number of hydrogen-bond donors (Lipinski definition) is 3. The largest absolute Gasteiger partial charge is 0.480 e. The molecule has 0 rings (SSSR count). The molecule has 0 spiro atoms. The summed E-state index contributed by atoms with van der Waals surface area (Å²) in [5.41, 5.74) is 0. The Hall–Kier alpha value is -1.51. The molecule has 0 saturated carbocycles. The van der Waals surface area contributed by atoms with Gasteiger partial charge in [-0.15, -0.1) is 0 Å². The van der Waals surface area contributed by atoms with Crippen LogP contribution in [0.3, 0.4) is 0 Å². The van der Waals surface area contributed by atoms with Crippen molar-refractivity contribution in [1.29, 1.82) is 0 Å². The van der Waals surface area contributed by atoms with Crippen LogP contribution in [0.15, 0.2) is 0 Å². The molecule has 0 aliphatic heterocycles. The van der Waals surface area contributed by atoms with Crippen LogP contribution in [0.2, 0.25) is 0 Å². The van der Waals surface area contributed by atoms with Crippen molar-refractivity contribution < 1.29 is 33.0 Å². The molecule has 1 unspecified atom stereocenters. The Morgan fingerprint density at radius 1 is 1.35 bits per heavy atom. The SMILES string of the molecule is CCCCC(NC(=O)N(CCO)CC(F)(F)F)C(=O)O. The van der Waals surface area contributed by atoms with Gasteiger partial charge in [0, 0.05) is 6.54 Å². The quantitative estimate of drug-likeness (QED) is 0.628. The average molecular weight is 300 g/mol. The highest BCUT2D eigenvalue weighted by Crippen LogP contribution is 2.16. The highest BCUT2D eigenvalue weighted by atomic mass is 19.4. The number of nitrogens with zero attached hydrogens (tertiary/aromatic N) is 1. The number of aliphatic hydroxyl groups excluding tert-OH is 1. The summed E-state index contributed by atoms with van der Waals surface area (Å²) < 4.78 is 36.8. The van der Waals surface area contributed by atoms with Gasteiger partial charge in [-0.2, -0.15) is 13.2 Å². The van der Waals surface area contributed by atoms with E-state index in [9.17, 15) is 22.8 Å². The van der Waals surface area contributed by atoms with Gasteiger partial charge in [0.05, 0.1) is 6.61 Å². The zero-order valence-corrected chi connectivity index (χ0v) is 11.1. The summed E-state index contributed by atoms with van der Waals surface area (Å²) in [5, 5.41) is 19.6. The predicted octanol–water partition coefficient (Wildman–Crippen LogP) is 1.20. The van der Waals surface area contributed by atoms with Gasteiger partial charge in [0.2, 0.25) is 0 Å². The molecule has 0 aromatic carbocycles. The van der Waals surface area contributed by atoms with Crippen LogP contribution in [0.4, 0.5) is 18.0 Å². The van der Waals surface area contributed by atoms with Gasteiger partial charge in [0.15, 0.2) is 0 Å². The number of alkyl halides is 3. The number of nitrogens with one attached hydrogen (secondary N) is 1. The van der Waals surface area contributed by atoms with E-state index in [0.29, 0.717) is 17.7 Å². The minimum absolute atomic E-state index is 0.135. The van der Waals surface area contributed by atoms with Crippen molar-refractivity contribution in [2.75, 3.05) is 19.7 Å². The molecule has 9 heteroatoms. The van der Waals surface area contributed by atoms with Crippen LogP contribution in [0, 0.1) is 0 Å². The summed E-state index contributed by atoms with van der Waals surface area (Å²) >= 11 is 0. The minimum Gasteiger partial charge on any atom is -0.480 e. The van der Waals surface area contributed by atoms with Gasteiger partial charge < -0.3 is 20.4 Å². The number of hydrogen-bond acceptors (Lipinski definition) is 3. The first-order valence-corrected chi connectivity index (χ1v) is 6.17. The van der Waals surface area contributed by atoms with E-state index in [4.69, 9.17) is 10.2 Å². The van der Waals surface area contributed by atoms with Crippen LogP contribution in [-0.2, 0) is 4.79 Å². The van der Waals surface area contributed by atoms with Gasteiger partial charge in [-0.05, 0) is 6.42 Å². The molecule has 3 N–H and O–H groups in total. The van der Waals surface area contributed by atoms with E-state index in [1.54, 1.807) is 0 Å². The highest BCUT2D eigenvalue weighted by molar-refractivity contribution is 5.82. The summed E-state index contributed by atoms with van der Waals surface area (Å²) in [5.74, 6) is -1.30. The number of carbonyl (C=O) groups is 2. The van der Waals surface area contributed by atoms with Crippen LogP contribution >= 0.6 is 0 Å². The van der Waals surface area contributed by atoms with Crippen LogP contribution in [0.25, 0.3) is 0 Å². The topological polar surface area (TPSA) is 89.9 Å². The number of rotatable bonds is 8. The molecule has 2 amide bonds. The van der Waals surface area contributed by atoms with Gasteiger partial charge in [-0.3, -0.25) is 0 Å². The summed E-state index contributed by atoms with van der Waals surface area (Å²) in [7, 11) is 0. The number of aliphatic hydroxyl groups is 1. The monoisotopic (exact) mass is 300 g/mol. The number of carbonyl (C=O) groups excluding carboxylic acids is 1. The van der Waals surface area contributed by atoms with Crippen LogP contribution < -0.4 is 5.32 Å². The fourth-order valence-electron chi connectivity index (χ4n) is 1.50.